The zero-order chi connectivity index (χ0) is 24.0. The summed E-state index contributed by atoms with van der Waals surface area (Å²) in [6.07, 6.45) is -0.160. The monoisotopic (exact) mass is 464 g/mol. The Balaban J connectivity index is 1.53. The molecule has 33 heavy (non-hydrogen) atoms. The number of phenols is 1. The van der Waals surface area contributed by atoms with Crippen LogP contribution in [0.25, 0.3) is 0 Å². The van der Waals surface area contributed by atoms with Crippen molar-refractivity contribution in [1.82, 2.24) is 0 Å². The fourth-order valence-electron chi connectivity index (χ4n) is 4.30. The predicted molar refractivity (Wildman–Crippen MR) is 119 cm³/mol. The number of ether oxygens (including phenoxy) is 2. The molecule has 1 fully saturated rings. The van der Waals surface area contributed by atoms with Crippen LogP contribution in [0.2, 0.25) is 0 Å². The molecular formula is C26H31F3O4. The van der Waals surface area contributed by atoms with Crippen molar-refractivity contribution in [3.63, 3.8) is 0 Å². The average Bonchev–Trinajstić information content (AvgIpc) is 2.79. The van der Waals surface area contributed by atoms with Crippen LogP contribution in [-0.4, -0.2) is 23.6 Å². The van der Waals surface area contributed by atoms with E-state index in [4.69, 9.17) is 9.47 Å². The average molecular weight is 465 g/mol. The lowest BCUT2D eigenvalue weighted by atomic mass is 9.83. The van der Waals surface area contributed by atoms with E-state index in [0.29, 0.717) is 25.7 Å². The number of aryl methyl sites for hydroxylation is 1. The molecule has 1 saturated carbocycles. The van der Waals surface area contributed by atoms with Gasteiger partial charge in [-0.1, -0.05) is 37.6 Å². The summed E-state index contributed by atoms with van der Waals surface area (Å²) >= 11 is 0. The number of carbonyl (C=O) groups is 1. The van der Waals surface area contributed by atoms with Gasteiger partial charge >= 0.3 is 6.11 Å². The molecule has 4 nitrogen and oxygen atoms in total. The molecule has 0 aromatic heterocycles. The molecule has 0 atom stereocenters. The molecule has 2 aromatic carbocycles. The van der Waals surface area contributed by atoms with Gasteiger partial charge in [0.15, 0.2) is 17.3 Å². The maximum Gasteiger partial charge on any atom is 0.383 e. The van der Waals surface area contributed by atoms with Crippen LogP contribution in [0.5, 0.6) is 11.5 Å². The summed E-state index contributed by atoms with van der Waals surface area (Å²) in [6.45, 7) is 3.96. The van der Waals surface area contributed by atoms with Crippen molar-refractivity contribution < 1.29 is 32.5 Å². The van der Waals surface area contributed by atoms with Crippen LogP contribution in [0.1, 0.15) is 73.9 Å². The molecule has 0 amide bonds. The quantitative estimate of drug-likeness (QED) is 0.394. The van der Waals surface area contributed by atoms with E-state index in [-0.39, 0.29) is 41.6 Å². The molecule has 0 aliphatic heterocycles. The number of hydrogen-bond acceptors (Lipinski definition) is 4. The third-order valence-electron chi connectivity index (χ3n) is 6.09. The summed E-state index contributed by atoms with van der Waals surface area (Å²) in [6, 6.07) is 8.92. The minimum atomic E-state index is -3.37. The Hall–Kier alpha value is -2.54. The van der Waals surface area contributed by atoms with E-state index in [1.165, 1.54) is 24.3 Å². The predicted octanol–water partition coefficient (Wildman–Crippen LogP) is 6.78. The highest BCUT2D eigenvalue weighted by molar-refractivity contribution is 5.99. The van der Waals surface area contributed by atoms with Crippen LogP contribution in [0.15, 0.2) is 36.4 Å². The summed E-state index contributed by atoms with van der Waals surface area (Å²) < 4.78 is 53.6. The number of carbonyl (C=O) groups excluding carboxylic acids is 1. The molecule has 1 aliphatic carbocycles. The highest BCUT2D eigenvalue weighted by Crippen LogP contribution is 2.38. The molecule has 0 radical (unpaired) electrons. The topological polar surface area (TPSA) is 55.8 Å². The smallest absolute Gasteiger partial charge is 0.383 e. The van der Waals surface area contributed by atoms with E-state index < -0.39 is 23.8 Å². The number of benzene rings is 2. The van der Waals surface area contributed by atoms with Crippen molar-refractivity contribution in [2.24, 2.45) is 5.92 Å². The van der Waals surface area contributed by atoms with Crippen LogP contribution < -0.4 is 4.74 Å². The van der Waals surface area contributed by atoms with Crippen molar-refractivity contribution in [3.05, 3.63) is 58.9 Å². The fourth-order valence-corrected chi connectivity index (χ4v) is 4.30. The molecule has 2 aromatic rings. The lowest BCUT2D eigenvalue weighted by Crippen LogP contribution is -2.30. The summed E-state index contributed by atoms with van der Waals surface area (Å²) in [5.74, 6) is -2.19. The molecule has 0 heterocycles. The normalized spacial score (nSPS) is 18.8. The van der Waals surface area contributed by atoms with Crippen LogP contribution in [0, 0.1) is 11.7 Å². The van der Waals surface area contributed by atoms with Gasteiger partial charge in [-0.2, -0.15) is 13.2 Å². The number of aromatic hydroxyl groups is 1. The van der Waals surface area contributed by atoms with Crippen molar-refractivity contribution in [2.75, 3.05) is 6.61 Å². The standard InChI is InChI=1S/C26H31F3O4/c1-3-5-17-6-10-19(11-7-17)26(28,29)33-20-12-8-18(9-13-20)16-22(30)21-14-15-23(32-4-2)24(27)25(21)31/h6-7,10-11,14-15,18,20,31H,3-5,8-9,12-13,16H2,1-2H3. The third kappa shape index (κ3) is 6.28. The Morgan fingerprint density at radius 1 is 1.06 bits per heavy atom. The van der Waals surface area contributed by atoms with Crippen molar-refractivity contribution >= 4 is 5.78 Å². The van der Waals surface area contributed by atoms with Gasteiger partial charge in [0.05, 0.1) is 23.8 Å². The van der Waals surface area contributed by atoms with Crippen molar-refractivity contribution in [2.45, 2.75) is 71.0 Å². The summed E-state index contributed by atoms with van der Waals surface area (Å²) in [5, 5.41) is 10.1. The van der Waals surface area contributed by atoms with Gasteiger partial charge in [0.25, 0.3) is 0 Å². The number of hydrogen-bond donors (Lipinski definition) is 1. The minimum Gasteiger partial charge on any atom is -0.504 e. The molecule has 0 saturated heterocycles. The Bertz CT molecular complexity index is 935. The van der Waals surface area contributed by atoms with Gasteiger partial charge in [-0.3, -0.25) is 4.79 Å². The fraction of sp³-hybridized carbons (Fsp3) is 0.500. The van der Waals surface area contributed by atoms with E-state index in [2.05, 4.69) is 0 Å². The van der Waals surface area contributed by atoms with Crippen molar-refractivity contribution in [3.8, 4) is 11.5 Å². The molecular weight excluding hydrogens is 433 g/mol. The van der Waals surface area contributed by atoms with Crippen LogP contribution in [-0.2, 0) is 17.3 Å². The number of alkyl halides is 2. The second-order valence-corrected chi connectivity index (χ2v) is 8.56. The first-order valence-corrected chi connectivity index (χ1v) is 11.6. The third-order valence-corrected chi connectivity index (χ3v) is 6.09. The molecule has 180 valence electrons. The molecule has 3 rings (SSSR count). The van der Waals surface area contributed by atoms with Gasteiger partial charge in [0, 0.05) is 6.42 Å². The Morgan fingerprint density at radius 2 is 1.73 bits per heavy atom. The number of halogens is 3. The molecule has 1 N–H and O–H groups in total. The molecule has 0 bridgehead atoms. The maximum absolute atomic E-state index is 14.6. The van der Waals surface area contributed by atoms with Crippen LogP contribution in [0.4, 0.5) is 13.2 Å². The number of Topliss-reactive ketones (excluding diaryl/α,β-unsaturated/α-hetero) is 1. The Kier molecular flexibility index (Phi) is 8.40. The first kappa shape index (κ1) is 25.1. The largest absolute Gasteiger partial charge is 0.504 e. The molecule has 7 heteroatoms. The first-order valence-electron chi connectivity index (χ1n) is 11.6. The molecule has 1 aliphatic rings. The van der Waals surface area contributed by atoms with E-state index in [9.17, 15) is 23.1 Å². The summed E-state index contributed by atoms with van der Waals surface area (Å²) in [5.41, 5.74) is 0.765. The van der Waals surface area contributed by atoms with Gasteiger partial charge < -0.3 is 14.6 Å². The molecule has 0 unspecified atom stereocenters. The maximum atomic E-state index is 14.6. The van der Waals surface area contributed by atoms with Gasteiger partial charge in [-0.15, -0.1) is 0 Å². The first-order chi connectivity index (χ1) is 15.7. The van der Waals surface area contributed by atoms with Crippen molar-refractivity contribution in [1.29, 1.82) is 0 Å². The number of ketones is 1. The van der Waals surface area contributed by atoms with Gasteiger partial charge in [0.2, 0.25) is 5.82 Å². The minimum absolute atomic E-state index is 0.0340. The lowest BCUT2D eigenvalue weighted by molar-refractivity contribution is -0.278. The van der Waals surface area contributed by atoms with E-state index >= 15 is 0 Å². The van der Waals surface area contributed by atoms with E-state index in [1.807, 2.05) is 6.92 Å². The van der Waals surface area contributed by atoms with Gasteiger partial charge in [-0.25, -0.2) is 0 Å². The summed E-state index contributed by atoms with van der Waals surface area (Å²) in [7, 11) is 0. The lowest BCUT2D eigenvalue weighted by Gasteiger charge is -2.31. The zero-order valence-corrected chi connectivity index (χ0v) is 19.1. The highest BCUT2D eigenvalue weighted by Gasteiger charge is 2.37. The number of rotatable bonds is 10. The summed E-state index contributed by atoms with van der Waals surface area (Å²) in [4.78, 5) is 12.6. The van der Waals surface area contributed by atoms with Crippen LogP contribution >= 0.6 is 0 Å². The van der Waals surface area contributed by atoms with E-state index in [0.717, 1.165) is 18.4 Å². The van der Waals surface area contributed by atoms with Crippen LogP contribution in [0.3, 0.4) is 0 Å². The van der Waals surface area contributed by atoms with Gasteiger partial charge in [-0.05, 0) is 62.6 Å². The Labute approximate surface area is 192 Å². The zero-order valence-electron chi connectivity index (χ0n) is 19.1. The SMILES string of the molecule is CCCc1ccc(C(F)(F)OC2CCC(CC(=O)c3ccc(OCC)c(F)c3O)CC2)cc1. The Morgan fingerprint density at radius 3 is 2.33 bits per heavy atom. The van der Waals surface area contributed by atoms with Gasteiger partial charge in [0.1, 0.15) is 0 Å². The second-order valence-electron chi connectivity index (χ2n) is 8.56. The number of phenolic OH excluding ortho intramolecular Hbond substituents is 1. The molecule has 0 spiro atoms. The highest BCUT2D eigenvalue weighted by atomic mass is 19.3. The second kappa shape index (κ2) is 11.1. The van der Waals surface area contributed by atoms with E-state index in [1.54, 1.807) is 19.1 Å².